The highest BCUT2D eigenvalue weighted by Crippen LogP contribution is 2.32. The summed E-state index contributed by atoms with van der Waals surface area (Å²) in [6, 6.07) is 6.66. The van der Waals surface area contributed by atoms with Crippen LogP contribution in [0.2, 0.25) is 0 Å². The van der Waals surface area contributed by atoms with E-state index in [-0.39, 0.29) is 28.0 Å². The number of nitrogens with one attached hydrogen (secondary N) is 1. The number of nitrogens with zero attached hydrogens (tertiary/aromatic N) is 3. The Labute approximate surface area is 148 Å². The Morgan fingerprint density at radius 1 is 1.24 bits per heavy atom. The van der Waals surface area contributed by atoms with Crippen LogP contribution in [0.25, 0.3) is 0 Å². The summed E-state index contributed by atoms with van der Waals surface area (Å²) in [5, 5.41) is 14.6. The Bertz CT molecular complexity index is 653. The number of carbonyl (C=O) groups excluding carboxylic acids is 1. The van der Waals surface area contributed by atoms with Crippen molar-refractivity contribution in [2.75, 3.05) is 37.6 Å². The van der Waals surface area contributed by atoms with Gasteiger partial charge in [0.25, 0.3) is 5.69 Å². The number of para-hydroxylation sites is 2. The first-order valence-electron chi connectivity index (χ1n) is 8.91. The molecule has 0 bridgehead atoms. The van der Waals surface area contributed by atoms with Gasteiger partial charge in [0.1, 0.15) is 5.69 Å². The minimum Gasteiger partial charge on any atom is -0.362 e. The summed E-state index contributed by atoms with van der Waals surface area (Å²) in [4.78, 5) is 27.7. The molecule has 25 heavy (non-hydrogen) atoms. The molecular weight excluding hydrogens is 320 g/mol. The summed E-state index contributed by atoms with van der Waals surface area (Å²) in [5.41, 5.74) is 0.720. The maximum absolute atomic E-state index is 12.9. The van der Waals surface area contributed by atoms with Gasteiger partial charge in [-0.15, -0.1) is 0 Å². The first kappa shape index (κ1) is 17.7. The number of rotatable bonds is 3. The Balaban J connectivity index is 1.66. The van der Waals surface area contributed by atoms with Crippen molar-refractivity contribution >= 4 is 17.3 Å². The van der Waals surface area contributed by atoms with Gasteiger partial charge in [0.2, 0.25) is 5.91 Å². The number of hydrogen-bond acceptors (Lipinski definition) is 5. The lowest BCUT2D eigenvalue weighted by molar-refractivity contribution is -0.384. The summed E-state index contributed by atoms with van der Waals surface area (Å²) in [5.74, 6) is 0.159. The molecule has 1 atom stereocenters. The van der Waals surface area contributed by atoms with Gasteiger partial charge in [-0.2, -0.15) is 0 Å². The molecule has 0 aromatic heterocycles. The average Bonchev–Trinajstić information content (AvgIpc) is 2.61. The Morgan fingerprint density at radius 3 is 2.56 bits per heavy atom. The topological polar surface area (TPSA) is 78.7 Å². The van der Waals surface area contributed by atoms with Gasteiger partial charge < -0.3 is 15.1 Å². The van der Waals surface area contributed by atoms with E-state index in [1.807, 2.05) is 15.9 Å². The smallest absolute Gasteiger partial charge is 0.292 e. The fourth-order valence-corrected chi connectivity index (χ4v) is 3.87. The van der Waals surface area contributed by atoms with Crippen LogP contribution >= 0.6 is 0 Å². The van der Waals surface area contributed by atoms with Gasteiger partial charge in [-0.3, -0.25) is 14.9 Å². The van der Waals surface area contributed by atoms with E-state index in [0.29, 0.717) is 31.9 Å². The second kappa shape index (κ2) is 7.00. The minimum atomic E-state index is -0.346. The third-order valence-corrected chi connectivity index (χ3v) is 5.39. The molecule has 7 nitrogen and oxygen atoms in total. The van der Waals surface area contributed by atoms with Crippen LogP contribution in [0.3, 0.4) is 0 Å². The number of nitro benzene ring substituents is 1. The zero-order valence-corrected chi connectivity index (χ0v) is 14.9. The molecule has 0 aliphatic carbocycles. The van der Waals surface area contributed by atoms with Crippen LogP contribution in [0, 0.1) is 15.5 Å². The lowest BCUT2D eigenvalue weighted by Gasteiger charge is -2.43. The van der Waals surface area contributed by atoms with E-state index < -0.39 is 0 Å². The second-order valence-corrected chi connectivity index (χ2v) is 7.54. The lowest BCUT2D eigenvalue weighted by atomic mass is 9.77. The summed E-state index contributed by atoms with van der Waals surface area (Å²) in [7, 11) is 0. The molecule has 2 heterocycles. The van der Waals surface area contributed by atoms with Crippen molar-refractivity contribution < 1.29 is 9.72 Å². The van der Waals surface area contributed by atoms with Crippen molar-refractivity contribution in [1.29, 1.82) is 0 Å². The molecule has 136 valence electrons. The van der Waals surface area contributed by atoms with Crippen LogP contribution in [0.1, 0.15) is 26.7 Å². The van der Waals surface area contributed by atoms with Crippen LogP contribution in [0.15, 0.2) is 24.3 Å². The monoisotopic (exact) mass is 346 g/mol. The van der Waals surface area contributed by atoms with Crippen molar-refractivity contribution in [2.45, 2.75) is 32.7 Å². The zero-order valence-electron chi connectivity index (χ0n) is 14.9. The van der Waals surface area contributed by atoms with Crippen LogP contribution in [0.5, 0.6) is 0 Å². The van der Waals surface area contributed by atoms with Gasteiger partial charge in [-0.25, -0.2) is 0 Å². The maximum atomic E-state index is 12.9. The fourth-order valence-electron chi connectivity index (χ4n) is 3.87. The molecule has 1 aromatic rings. The third kappa shape index (κ3) is 3.61. The van der Waals surface area contributed by atoms with Crippen molar-refractivity contribution in [3.05, 3.63) is 34.4 Å². The largest absolute Gasteiger partial charge is 0.362 e. The quantitative estimate of drug-likeness (QED) is 0.669. The van der Waals surface area contributed by atoms with E-state index in [2.05, 4.69) is 19.2 Å². The van der Waals surface area contributed by atoms with Crippen LogP contribution < -0.4 is 10.2 Å². The molecule has 2 aliphatic heterocycles. The summed E-state index contributed by atoms with van der Waals surface area (Å²) in [6.07, 6.45) is 2.15. The first-order valence-corrected chi connectivity index (χ1v) is 8.91. The Hall–Kier alpha value is -2.15. The van der Waals surface area contributed by atoms with E-state index >= 15 is 0 Å². The first-order chi connectivity index (χ1) is 11.9. The molecular formula is C18H26N4O3. The number of nitro groups is 1. The molecule has 0 radical (unpaired) electrons. The summed E-state index contributed by atoms with van der Waals surface area (Å²) in [6.45, 7) is 7.60. The van der Waals surface area contributed by atoms with Crippen LogP contribution in [-0.4, -0.2) is 54.5 Å². The van der Waals surface area contributed by atoms with Crippen LogP contribution in [-0.2, 0) is 4.79 Å². The van der Waals surface area contributed by atoms with Crippen molar-refractivity contribution in [3.8, 4) is 0 Å². The maximum Gasteiger partial charge on any atom is 0.292 e. The van der Waals surface area contributed by atoms with Gasteiger partial charge in [-0.05, 0) is 30.9 Å². The number of anilines is 1. The SMILES string of the molecule is CC1(C)CCCNC1C(=O)N1CCN(c2ccccc2[N+](=O)[O-])CC1. The molecule has 1 N–H and O–H groups in total. The molecule has 2 fully saturated rings. The molecule has 3 rings (SSSR count). The lowest BCUT2D eigenvalue weighted by Crippen LogP contribution is -2.59. The van der Waals surface area contributed by atoms with E-state index in [4.69, 9.17) is 0 Å². The molecule has 0 saturated carbocycles. The fraction of sp³-hybridized carbons (Fsp3) is 0.611. The Morgan fingerprint density at radius 2 is 1.92 bits per heavy atom. The molecule has 0 spiro atoms. The van der Waals surface area contributed by atoms with Gasteiger partial charge in [0, 0.05) is 32.2 Å². The predicted octanol–water partition coefficient (Wildman–Crippen LogP) is 2.02. The Kier molecular flexibility index (Phi) is 4.94. The number of benzene rings is 1. The summed E-state index contributed by atoms with van der Waals surface area (Å²) >= 11 is 0. The van der Waals surface area contributed by atoms with Gasteiger partial charge in [0.05, 0.1) is 11.0 Å². The van der Waals surface area contributed by atoms with Gasteiger partial charge >= 0.3 is 0 Å². The van der Waals surface area contributed by atoms with Crippen molar-refractivity contribution in [2.24, 2.45) is 5.41 Å². The standard InChI is InChI=1S/C18H26N4O3/c1-18(2)8-5-9-19-16(18)17(23)21-12-10-20(11-13-21)14-6-3-4-7-15(14)22(24)25/h3-4,6-7,16,19H,5,8-13H2,1-2H3. The average molecular weight is 346 g/mol. The number of amides is 1. The molecule has 2 saturated heterocycles. The van der Waals surface area contributed by atoms with Gasteiger partial charge in [0.15, 0.2) is 0 Å². The third-order valence-electron chi connectivity index (χ3n) is 5.39. The zero-order chi connectivity index (χ0) is 18.0. The highest BCUT2D eigenvalue weighted by molar-refractivity contribution is 5.83. The molecule has 1 amide bonds. The molecule has 2 aliphatic rings. The second-order valence-electron chi connectivity index (χ2n) is 7.54. The van der Waals surface area contributed by atoms with E-state index in [0.717, 1.165) is 19.4 Å². The minimum absolute atomic E-state index is 0.0370. The molecule has 1 unspecified atom stereocenters. The normalized spacial score (nSPS) is 23.4. The molecule has 7 heteroatoms. The number of carbonyl (C=O) groups is 1. The van der Waals surface area contributed by atoms with Crippen molar-refractivity contribution in [1.82, 2.24) is 10.2 Å². The van der Waals surface area contributed by atoms with Gasteiger partial charge in [-0.1, -0.05) is 26.0 Å². The molecule has 1 aromatic carbocycles. The highest BCUT2D eigenvalue weighted by atomic mass is 16.6. The van der Waals surface area contributed by atoms with Crippen LogP contribution in [0.4, 0.5) is 11.4 Å². The predicted molar refractivity (Wildman–Crippen MR) is 96.7 cm³/mol. The van der Waals surface area contributed by atoms with Crippen molar-refractivity contribution in [3.63, 3.8) is 0 Å². The summed E-state index contributed by atoms with van der Waals surface area (Å²) < 4.78 is 0. The van der Waals surface area contributed by atoms with E-state index in [9.17, 15) is 14.9 Å². The number of hydrogen-bond donors (Lipinski definition) is 1. The van der Waals surface area contributed by atoms with E-state index in [1.165, 1.54) is 6.07 Å². The number of piperazine rings is 1. The van der Waals surface area contributed by atoms with E-state index in [1.54, 1.807) is 12.1 Å². The highest BCUT2D eigenvalue weighted by Gasteiger charge is 2.40. The number of piperidine rings is 1.